The number of hydrogen-bond acceptors (Lipinski definition) is 7. The van der Waals surface area contributed by atoms with Gasteiger partial charge in [0.1, 0.15) is 0 Å². The van der Waals surface area contributed by atoms with Gasteiger partial charge in [-0.1, -0.05) is 24.2 Å². The predicted molar refractivity (Wildman–Crippen MR) is 121 cm³/mol. The lowest BCUT2D eigenvalue weighted by molar-refractivity contribution is -0.137. The van der Waals surface area contributed by atoms with E-state index in [1.165, 1.54) is 12.1 Å². The molecule has 3 heterocycles. The number of carbonyl (C=O) groups is 1. The molecule has 1 aliphatic heterocycles. The predicted octanol–water partition coefficient (Wildman–Crippen LogP) is 4.78. The molecule has 1 atom stereocenters. The normalized spacial score (nSPS) is 16.0. The number of nitrogens with zero attached hydrogens (tertiary/aromatic N) is 5. The van der Waals surface area contributed by atoms with Crippen LogP contribution in [0, 0.1) is 0 Å². The first-order valence-electron chi connectivity index (χ1n) is 10.9. The summed E-state index contributed by atoms with van der Waals surface area (Å²) in [5.74, 6) is 1.28. The molecule has 1 aliphatic rings. The lowest BCUT2D eigenvalue weighted by Gasteiger charge is -2.36. The number of hydrogen-bond donors (Lipinski definition) is 0. The van der Waals surface area contributed by atoms with Crippen LogP contribution in [0.25, 0.3) is 11.4 Å². The van der Waals surface area contributed by atoms with Gasteiger partial charge in [0.2, 0.25) is 11.7 Å². The number of pyridine rings is 1. The van der Waals surface area contributed by atoms with Crippen molar-refractivity contribution in [3.05, 3.63) is 59.6 Å². The molecule has 0 N–H and O–H groups in total. The van der Waals surface area contributed by atoms with Crippen molar-refractivity contribution in [2.75, 3.05) is 31.9 Å². The molecular weight excluding hydrogens is 467 g/mol. The van der Waals surface area contributed by atoms with Crippen LogP contribution in [0.5, 0.6) is 0 Å². The highest BCUT2D eigenvalue weighted by atomic mass is 32.2. The van der Waals surface area contributed by atoms with Crippen molar-refractivity contribution in [3.8, 4) is 11.4 Å². The van der Waals surface area contributed by atoms with Crippen molar-refractivity contribution in [1.82, 2.24) is 24.9 Å². The van der Waals surface area contributed by atoms with Gasteiger partial charge < -0.3 is 9.42 Å². The Morgan fingerprint density at radius 1 is 1.18 bits per heavy atom. The van der Waals surface area contributed by atoms with E-state index in [1.807, 2.05) is 19.9 Å². The van der Waals surface area contributed by atoms with Gasteiger partial charge in [0.15, 0.2) is 0 Å². The van der Waals surface area contributed by atoms with Gasteiger partial charge in [-0.15, -0.1) is 11.8 Å². The number of amides is 1. The summed E-state index contributed by atoms with van der Waals surface area (Å²) in [7, 11) is 0. The molecule has 0 bridgehead atoms. The third-order valence-electron chi connectivity index (χ3n) is 5.67. The summed E-state index contributed by atoms with van der Waals surface area (Å²) in [4.78, 5) is 25.4. The summed E-state index contributed by atoms with van der Waals surface area (Å²) in [5, 5.41) is 4.71. The highest BCUT2D eigenvalue weighted by Gasteiger charge is 2.31. The van der Waals surface area contributed by atoms with Gasteiger partial charge in [0, 0.05) is 43.5 Å². The molecule has 2 aromatic heterocycles. The molecule has 34 heavy (non-hydrogen) atoms. The number of alkyl halides is 3. The Bertz CT molecular complexity index is 1150. The lowest BCUT2D eigenvalue weighted by atomic mass is 10.1. The molecule has 0 saturated carbocycles. The summed E-state index contributed by atoms with van der Waals surface area (Å²) >= 11 is 1.59. The fraction of sp³-hybridized carbons (Fsp3) is 0.391. The molecule has 180 valence electrons. The third-order valence-corrected chi connectivity index (χ3v) is 6.48. The van der Waals surface area contributed by atoms with Crippen molar-refractivity contribution in [2.24, 2.45) is 0 Å². The van der Waals surface area contributed by atoms with E-state index in [9.17, 15) is 18.0 Å². The van der Waals surface area contributed by atoms with Gasteiger partial charge >= 0.3 is 6.18 Å². The maximum absolute atomic E-state index is 13.0. The smallest absolute Gasteiger partial charge is 0.337 e. The van der Waals surface area contributed by atoms with Crippen LogP contribution in [0.1, 0.15) is 41.7 Å². The van der Waals surface area contributed by atoms with Crippen molar-refractivity contribution in [2.45, 2.75) is 31.1 Å². The first-order valence-corrected chi connectivity index (χ1v) is 11.9. The van der Waals surface area contributed by atoms with Gasteiger partial charge in [-0.05, 0) is 36.9 Å². The maximum Gasteiger partial charge on any atom is 0.416 e. The van der Waals surface area contributed by atoms with E-state index in [2.05, 4.69) is 20.0 Å². The Morgan fingerprint density at radius 3 is 2.65 bits per heavy atom. The third kappa shape index (κ3) is 5.41. The van der Waals surface area contributed by atoms with Gasteiger partial charge in [0.25, 0.3) is 5.91 Å². The van der Waals surface area contributed by atoms with Crippen molar-refractivity contribution >= 4 is 17.7 Å². The molecule has 1 saturated heterocycles. The van der Waals surface area contributed by atoms with Crippen molar-refractivity contribution in [3.63, 3.8) is 0 Å². The largest absolute Gasteiger partial charge is 0.416 e. The molecule has 11 heteroatoms. The van der Waals surface area contributed by atoms with E-state index < -0.39 is 11.7 Å². The number of benzene rings is 1. The molecule has 0 aliphatic carbocycles. The Kier molecular flexibility index (Phi) is 7.22. The van der Waals surface area contributed by atoms with Crippen molar-refractivity contribution < 1.29 is 22.5 Å². The number of rotatable bonds is 6. The van der Waals surface area contributed by atoms with E-state index in [-0.39, 0.29) is 23.3 Å². The van der Waals surface area contributed by atoms with Gasteiger partial charge in [0.05, 0.1) is 16.6 Å². The van der Waals surface area contributed by atoms with Crippen LogP contribution in [-0.2, 0) is 6.18 Å². The minimum atomic E-state index is -4.44. The number of halogens is 3. The van der Waals surface area contributed by atoms with Crippen LogP contribution in [0.3, 0.4) is 0 Å². The Labute approximate surface area is 199 Å². The molecule has 1 fully saturated rings. The molecular formula is C23H24F3N5O2S. The zero-order valence-corrected chi connectivity index (χ0v) is 19.6. The van der Waals surface area contributed by atoms with Crippen LogP contribution in [-0.4, -0.2) is 62.8 Å². The van der Waals surface area contributed by atoms with E-state index >= 15 is 0 Å². The standard InChI is InChI=1S/C23H24F3N5O2S/c1-3-34-19-14-17(7-8-27-19)22(32)31-11-9-30(10-12-31)15(2)21-28-20(29-33-21)16-5-4-6-18(13-16)23(24,25)26/h4-8,13-15H,3,9-12H2,1-2H3. The maximum atomic E-state index is 13.0. The van der Waals surface area contributed by atoms with Gasteiger partial charge in [-0.3, -0.25) is 9.69 Å². The topological polar surface area (TPSA) is 75.4 Å². The average Bonchev–Trinajstić information content (AvgIpc) is 3.34. The zero-order valence-electron chi connectivity index (χ0n) is 18.7. The highest BCUT2D eigenvalue weighted by molar-refractivity contribution is 7.99. The second-order valence-electron chi connectivity index (χ2n) is 7.85. The number of piperazine rings is 1. The van der Waals surface area contributed by atoms with E-state index in [4.69, 9.17) is 4.52 Å². The summed E-state index contributed by atoms with van der Waals surface area (Å²) in [6.07, 6.45) is -2.79. The minimum absolute atomic E-state index is 0.0303. The van der Waals surface area contributed by atoms with Crippen LogP contribution in [0.2, 0.25) is 0 Å². The summed E-state index contributed by atoms with van der Waals surface area (Å²) in [6.45, 7) is 6.23. The molecule has 7 nitrogen and oxygen atoms in total. The Morgan fingerprint density at radius 2 is 1.94 bits per heavy atom. The highest BCUT2D eigenvalue weighted by Crippen LogP contribution is 2.32. The second-order valence-corrected chi connectivity index (χ2v) is 9.14. The number of carbonyl (C=O) groups excluding carboxylic acids is 1. The lowest BCUT2D eigenvalue weighted by Crippen LogP contribution is -2.49. The Balaban J connectivity index is 1.39. The van der Waals surface area contributed by atoms with E-state index in [0.717, 1.165) is 22.9 Å². The summed E-state index contributed by atoms with van der Waals surface area (Å²) in [6, 6.07) is 8.15. The van der Waals surface area contributed by atoms with Crippen LogP contribution < -0.4 is 0 Å². The van der Waals surface area contributed by atoms with E-state index in [1.54, 1.807) is 28.9 Å². The monoisotopic (exact) mass is 491 g/mol. The van der Waals surface area contributed by atoms with Gasteiger partial charge in [-0.25, -0.2) is 4.98 Å². The fourth-order valence-electron chi connectivity index (χ4n) is 3.78. The average molecular weight is 492 g/mol. The molecule has 4 rings (SSSR count). The molecule has 3 aromatic rings. The summed E-state index contributed by atoms with van der Waals surface area (Å²) in [5.41, 5.74) is 0.0975. The number of aromatic nitrogens is 3. The summed E-state index contributed by atoms with van der Waals surface area (Å²) < 4.78 is 44.4. The molecule has 0 spiro atoms. The van der Waals surface area contributed by atoms with Gasteiger partial charge in [-0.2, -0.15) is 18.2 Å². The van der Waals surface area contributed by atoms with Crippen molar-refractivity contribution in [1.29, 1.82) is 0 Å². The second kappa shape index (κ2) is 10.1. The SMILES string of the molecule is CCSc1cc(C(=O)N2CCN(C(C)c3nc(-c4cccc(C(F)(F)F)c4)no3)CC2)ccn1. The molecule has 1 unspecified atom stereocenters. The van der Waals surface area contributed by atoms with E-state index in [0.29, 0.717) is 37.6 Å². The number of thioether (sulfide) groups is 1. The fourth-order valence-corrected chi connectivity index (χ4v) is 4.42. The first-order chi connectivity index (χ1) is 16.3. The first kappa shape index (κ1) is 24.2. The molecule has 1 amide bonds. The quantitative estimate of drug-likeness (QED) is 0.460. The van der Waals surface area contributed by atoms with Crippen LogP contribution >= 0.6 is 11.8 Å². The van der Waals surface area contributed by atoms with Crippen LogP contribution in [0.15, 0.2) is 52.1 Å². The van der Waals surface area contributed by atoms with Crippen LogP contribution in [0.4, 0.5) is 13.2 Å². The molecule has 1 aromatic carbocycles. The minimum Gasteiger partial charge on any atom is -0.337 e. The Hall–Kier alpha value is -2.92. The molecule has 0 radical (unpaired) electrons. The zero-order chi connectivity index (χ0) is 24.3.